The van der Waals surface area contributed by atoms with Gasteiger partial charge in [0.1, 0.15) is 11.5 Å². The zero-order valence-corrected chi connectivity index (χ0v) is 14.1. The lowest BCUT2D eigenvalue weighted by Gasteiger charge is -2.22. The van der Waals surface area contributed by atoms with Crippen LogP contribution in [-0.2, 0) is 10.2 Å². The van der Waals surface area contributed by atoms with Crippen LogP contribution in [0.2, 0.25) is 0 Å². The zero-order valence-electron chi connectivity index (χ0n) is 14.1. The van der Waals surface area contributed by atoms with Crippen molar-refractivity contribution in [2.24, 2.45) is 0 Å². The van der Waals surface area contributed by atoms with Crippen LogP contribution in [0.3, 0.4) is 0 Å². The molecular weight excluding hydrogens is 290 g/mol. The summed E-state index contributed by atoms with van der Waals surface area (Å²) < 4.78 is 10.8. The number of anilines is 1. The van der Waals surface area contributed by atoms with Crippen molar-refractivity contribution in [3.8, 4) is 11.5 Å². The van der Waals surface area contributed by atoms with Gasteiger partial charge in [-0.2, -0.15) is 0 Å². The largest absolute Gasteiger partial charge is 0.497 e. The van der Waals surface area contributed by atoms with Crippen LogP contribution in [0.25, 0.3) is 0 Å². The van der Waals surface area contributed by atoms with E-state index < -0.39 is 0 Å². The van der Waals surface area contributed by atoms with Crippen LogP contribution in [0.5, 0.6) is 11.5 Å². The Kier molecular flexibility index (Phi) is 5.27. The summed E-state index contributed by atoms with van der Waals surface area (Å²) in [6, 6.07) is 15.0. The molecule has 0 radical (unpaired) electrons. The third kappa shape index (κ3) is 4.74. The summed E-state index contributed by atoms with van der Waals surface area (Å²) in [5, 5.41) is 2.80. The summed E-state index contributed by atoms with van der Waals surface area (Å²) in [6.07, 6.45) is 0. The van der Waals surface area contributed by atoms with Crippen molar-refractivity contribution in [2.45, 2.75) is 26.2 Å². The lowest BCUT2D eigenvalue weighted by Crippen LogP contribution is -2.21. The second-order valence-electron chi connectivity index (χ2n) is 6.31. The molecular formula is C19H23NO3. The van der Waals surface area contributed by atoms with Gasteiger partial charge in [-0.1, -0.05) is 45.0 Å². The molecule has 0 aromatic heterocycles. The number of amides is 1. The first-order chi connectivity index (χ1) is 10.9. The van der Waals surface area contributed by atoms with Crippen LogP contribution in [0.4, 0.5) is 5.69 Å². The van der Waals surface area contributed by atoms with Gasteiger partial charge in [0.25, 0.3) is 5.91 Å². The van der Waals surface area contributed by atoms with Gasteiger partial charge in [-0.15, -0.1) is 0 Å². The van der Waals surface area contributed by atoms with Gasteiger partial charge in [-0.05, 0) is 29.2 Å². The molecule has 1 amide bonds. The smallest absolute Gasteiger partial charge is 0.262 e. The molecule has 0 aliphatic rings. The molecule has 23 heavy (non-hydrogen) atoms. The Bertz CT molecular complexity index is 674. The van der Waals surface area contributed by atoms with E-state index in [1.165, 1.54) is 0 Å². The van der Waals surface area contributed by atoms with Crippen LogP contribution < -0.4 is 14.8 Å². The summed E-state index contributed by atoms with van der Waals surface area (Å²) in [5.74, 6) is 1.23. The maximum Gasteiger partial charge on any atom is 0.262 e. The van der Waals surface area contributed by atoms with Crippen LogP contribution in [-0.4, -0.2) is 19.6 Å². The second kappa shape index (κ2) is 7.18. The van der Waals surface area contributed by atoms with E-state index in [4.69, 9.17) is 9.47 Å². The molecule has 1 N–H and O–H groups in total. The van der Waals surface area contributed by atoms with E-state index in [9.17, 15) is 4.79 Å². The number of nitrogens with one attached hydrogen (secondary N) is 1. The summed E-state index contributed by atoms with van der Waals surface area (Å²) in [7, 11) is 1.59. The number of rotatable bonds is 5. The fourth-order valence-electron chi connectivity index (χ4n) is 2.25. The van der Waals surface area contributed by atoms with Crippen molar-refractivity contribution in [3.05, 3.63) is 54.1 Å². The molecule has 122 valence electrons. The summed E-state index contributed by atoms with van der Waals surface area (Å²) in [5.41, 5.74) is 1.72. The van der Waals surface area contributed by atoms with Crippen LogP contribution in [0.15, 0.2) is 48.5 Å². The van der Waals surface area contributed by atoms with Crippen molar-refractivity contribution in [2.75, 3.05) is 19.0 Å². The highest BCUT2D eigenvalue weighted by Crippen LogP contribution is 2.30. The molecule has 0 bridgehead atoms. The minimum Gasteiger partial charge on any atom is -0.497 e. The molecule has 0 aliphatic carbocycles. The Balaban J connectivity index is 2.00. The first kappa shape index (κ1) is 16.9. The maximum absolute atomic E-state index is 12.1. The second-order valence-corrected chi connectivity index (χ2v) is 6.31. The number of hydrogen-bond donors (Lipinski definition) is 1. The Labute approximate surface area is 137 Å². The lowest BCUT2D eigenvalue weighted by atomic mass is 9.86. The van der Waals surface area contributed by atoms with Gasteiger partial charge >= 0.3 is 0 Å². The predicted octanol–water partition coefficient (Wildman–Crippen LogP) is 4.01. The van der Waals surface area contributed by atoms with Crippen molar-refractivity contribution < 1.29 is 14.3 Å². The molecule has 2 aromatic carbocycles. The average Bonchev–Trinajstić information content (AvgIpc) is 2.52. The molecule has 0 spiro atoms. The minimum absolute atomic E-state index is 0.0374. The number of carbonyl (C=O) groups excluding carboxylic acids is 1. The number of carbonyl (C=O) groups is 1. The standard InChI is InChI=1S/C19H23NO3/c1-19(2,3)16-10-5-6-11-17(16)23-13-18(21)20-14-8-7-9-15(12-14)22-4/h5-12H,13H2,1-4H3,(H,20,21). The number of methoxy groups -OCH3 is 1. The number of ether oxygens (including phenoxy) is 2. The van der Waals surface area contributed by atoms with Crippen LogP contribution in [0.1, 0.15) is 26.3 Å². The maximum atomic E-state index is 12.1. The molecule has 4 nitrogen and oxygen atoms in total. The van der Waals surface area contributed by atoms with Crippen molar-refractivity contribution in [1.29, 1.82) is 0 Å². The SMILES string of the molecule is COc1cccc(NC(=O)COc2ccccc2C(C)(C)C)c1. The molecule has 0 saturated carbocycles. The van der Waals surface area contributed by atoms with Gasteiger partial charge in [0.2, 0.25) is 0 Å². The van der Waals surface area contributed by atoms with Gasteiger partial charge in [0.15, 0.2) is 6.61 Å². The van der Waals surface area contributed by atoms with E-state index in [0.717, 1.165) is 11.3 Å². The highest BCUT2D eigenvalue weighted by atomic mass is 16.5. The van der Waals surface area contributed by atoms with E-state index in [1.807, 2.05) is 42.5 Å². The van der Waals surface area contributed by atoms with Crippen molar-refractivity contribution in [1.82, 2.24) is 0 Å². The number of hydrogen-bond acceptors (Lipinski definition) is 3. The van der Waals surface area contributed by atoms with E-state index >= 15 is 0 Å². The highest BCUT2D eigenvalue weighted by molar-refractivity contribution is 5.92. The number of benzene rings is 2. The zero-order chi connectivity index (χ0) is 16.9. The van der Waals surface area contributed by atoms with E-state index in [0.29, 0.717) is 11.4 Å². The topological polar surface area (TPSA) is 47.6 Å². The summed E-state index contributed by atoms with van der Waals surface area (Å²) in [4.78, 5) is 12.1. The molecule has 0 aliphatic heterocycles. The third-order valence-corrected chi connectivity index (χ3v) is 3.41. The van der Waals surface area contributed by atoms with E-state index in [1.54, 1.807) is 13.2 Å². The molecule has 4 heteroatoms. The van der Waals surface area contributed by atoms with Crippen molar-refractivity contribution in [3.63, 3.8) is 0 Å². The first-order valence-corrected chi connectivity index (χ1v) is 7.56. The van der Waals surface area contributed by atoms with Crippen LogP contribution in [0, 0.1) is 0 Å². The number of para-hydroxylation sites is 1. The van der Waals surface area contributed by atoms with E-state index in [-0.39, 0.29) is 17.9 Å². The van der Waals surface area contributed by atoms with Gasteiger partial charge in [0, 0.05) is 11.8 Å². The molecule has 0 fully saturated rings. The molecule has 2 rings (SSSR count). The molecule has 0 atom stereocenters. The fourth-order valence-corrected chi connectivity index (χ4v) is 2.25. The average molecular weight is 313 g/mol. The predicted molar refractivity (Wildman–Crippen MR) is 92.3 cm³/mol. The molecule has 0 saturated heterocycles. The Hall–Kier alpha value is -2.49. The third-order valence-electron chi connectivity index (χ3n) is 3.41. The molecule has 2 aromatic rings. The Morgan fingerprint density at radius 3 is 2.52 bits per heavy atom. The van der Waals surface area contributed by atoms with Crippen molar-refractivity contribution >= 4 is 11.6 Å². The first-order valence-electron chi connectivity index (χ1n) is 7.56. The van der Waals surface area contributed by atoms with Gasteiger partial charge in [0.05, 0.1) is 7.11 Å². The minimum atomic E-state index is -0.207. The quantitative estimate of drug-likeness (QED) is 0.907. The normalized spacial score (nSPS) is 11.0. The summed E-state index contributed by atoms with van der Waals surface area (Å²) in [6.45, 7) is 6.31. The lowest BCUT2D eigenvalue weighted by molar-refractivity contribution is -0.118. The van der Waals surface area contributed by atoms with Gasteiger partial charge in [-0.3, -0.25) is 4.79 Å². The van der Waals surface area contributed by atoms with E-state index in [2.05, 4.69) is 26.1 Å². The Morgan fingerprint density at radius 1 is 1.09 bits per heavy atom. The monoisotopic (exact) mass is 313 g/mol. The Morgan fingerprint density at radius 2 is 1.83 bits per heavy atom. The van der Waals surface area contributed by atoms with Gasteiger partial charge < -0.3 is 14.8 Å². The fraction of sp³-hybridized carbons (Fsp3) is 0.316. The molecule has 0 heterocycles. The van der Waals surface area contributed by atoms with Crippen LogP contribution >= 0.6 is 0 Å². The summed E-state index contributed by atoms with van der Waals surface area (Å²) >= 11 is 0. The molecule has 0 unspecified atom stereocenters. The highest BCUT2D eigenvalue weighted by Gasteiger charge is 2.18. The van der Waals surface area contributed by atoms with Gasteiger partial charge in [-0.25, -0.2) is 0 Å².